The molecule has 0 bridgehead atoms. The summed E-state index contributed by atoms with van der Waals surface area (Å²) in [4.78, 5) is 19.7. The number of hydrogen-bond acceptors (Lipinski definition) is 4. The van der Waals surface area contributed by atoms with Crippen LogP contribution in [-0.2, 0) is 17.9 Å². The van der Waals surface area contributed by atoms with E-state index in [1.54, 1.807) is 0 Å². The normalized spacial score (nSPS) is 16.9. The van der Waals surface area contributed by atoms with Crippen molar-refractivity contribution in [3.8, 4) is 11.5 Å². The van der Waals surface area contributed by atoms with E-state index in [2.05, 4.69) is 10.2 Å². The molecule has 162 valence electrons. The molecule has 1 aliphatic heterocycles. The number of carbonyl (C=O) groups excluding carboxylic acids is 1. The molecule has 31 heavy (non-hydrogen) atoms. The monoisotopic (exact) mass is 457 g/mol. The molecule has 3 aromatic rings. The van der Waals surface area contributed by atoms with Gasteiger partial charge in [-0.2, -0.15) is 0 Å². The number of rotatable bonds is 6. The fourth-order valence-corrected chi connectivity index (χ4v) is 4.10. The summed E-state index contributed by atoms with van der Waals surface area (Å²) in [6.07, 6.45) is 1.89. The molecule has 1 fully saturated rings. The second-order valence-electron chi connectivity index (χ2n) is 7.95. The van der Waals surface area contributed by atoms with E-state index in [-0.39, 0.29) is 11.8 Å². The third-order valence-corrected chi connectivity index (χ3v) is 6.12. The molecular weight excluding hydrogens is 433 g/mol. The molecule has 2 heterocycles. The third kappa shape index (κ3) is 5.67. The van der Waals surface area contributed by atoms with E-state index in [1.807, 2.05) is 55.5 Å². The van der Waals surface area contributed by atoms with E-state index in [1.165, 1.54) is 0 Å². The zero-order chi connectivity index (χ0) is 21.8. The van der Waals surface area contributed by atoms with Crippen LogP contribution in [0.25, 0.3) is 11.5 Å². The Morgan fingerprint density at radius 2 is 1.81 bits per heavy atom. The van der Waals surface area contributed by atoms with Crippen molar-refractivity contribution in [2.45, 2.75) is 32.9 Å². The van der Waals surface area contributed by atoms with Gasteiger partial charge in [0.1, 0.15) is 5.76 Å². The van der Waals surface area contributed by atoms with Crippen LogP contribution >= 0.6 is 23.2 Å². The number of piperidine rings is 1. The zero-order valence-corrected chi connectivity index (χ0v) is 18.9. The van der Waals surface area contributed by atoms with Crippen molar-refractivity contribution in [2.75, 3.05) is 13.1 Å². The number of nitrogens with zero attached hydrogens (tertiary/aromatic N) is 2. The number of halogens is 2. The molecule has 7 heteroatoms. The molecule has 0 aliphatic carbocycles. The zero-order valence-electron chi connectivity index (χ0n) is 17.4. The van der Waals surface area contributed by atoms with E-state index in [9.17, 15) is 4.79 Å². The molecule has 0 spiro atoms. The molecule has 1 unspecified atom stereocenters. The summed E-state index contributed by atoms with van der Waals surface area (Å²) in [5, 5.41) is 4.44. The average molecular weight is 458 g/mol. The number of oxazole rings is 1. The molecule has 1 aromatic heterocycles. The molecule has 1 aliphatic rings. The molecule has 1 atom stereocenters. The lowest BCUT2D eigenvalue weighted by Gasteiger charge is -2.31. The van der Waals surface area contributed by atoms with Gasteiger partial charge in [0.15, 0.2) is 0 Å². The minimum atomic E-state index is -0.0241. The van der Waals surface area contributed by atoms with Crippen LogP contribution in [0.4, 0.5) is 0 Å². The smallest absolute Gasteiger partial charge is 0.226 e. The maximum atomic E-state index is 12.7. The van der Waals surface area contributed by atoms with E-state index in [0.29, 0.717) is 29.0 Å². The van der Waals surface area contributed by atoms with Crippen molar-refractivity contribution in [3.05, 3.63) is 75.6 Å². The van der Waals surface area contributed by atoms with Crippen molar-refractivity contribution in [2.24, 2.45) is 5.92 Å². The minimum Gasteiger partial charge on any atom is -0.441 e. The number of likely N-dealkylation sites (tertiary alicyclic amines) is 1. The topological polar surface area (TPSA) is 58.4 Å². The van der Waals surface area contributed by atoms with Crippen LogP contribution in [0.5, 0.6) is 0 Å². The average Bonchev–Trinajstić information content (AvgIpc) is 3.14. The summed E-state index contributed by atoms with van der Waals surface area (Å²) in [6, 6.07) is 15.0. The Labute approximate surface area is 192 Å². The third-order valence-electron chi connectivity index (χ3n) is 5.61. The van der Waals surface area contributed by atoms with Gasteiger partial charge in [-0.1, -0.05) is 35.3 Å². The van der Waals surface area contributed by atoms with Gasteiger partial charge in [0.25, 0.3) is 0 Å². The highest BCUT2D eigenvalue weighted by Gasteiger charge is 2.27. The molecule has 0 saturated carbocycles. The van der Waals surface area contributed by atoms with Gasteiger partial charge >= 0.3 is 0 Å². The fourth-order valence-electron chi connectivity index (χ4n) is 3.85. The molecule has 2 aromatic carbocycles. The lowest BCUT2D eigenvalue weighted by atomic mass is 9.97. The number of amides is 1. The summed E-state index contributed by atoms with van der Waals surface area (Å²) in [5.74, 6) is 1.47. The van der Waals surface area contributed by atoms with Crippen molar-refractivity contribution in [1.29, 1.82) is 0 Å². The van der Waals surface area contributed by atoms with Gasteiger partial charge in [-0.15, -0.1) is 0 Å². The second kappa shape index (κ2) is 9.86. The van der Waals surface area contributed by atoms with E-state index in [0.717, 1.165) is 48.5 Å². The number of nitrogens with one attached hydrogen (secondary N) is 1. The Kier molecular flexibility index (Phi) is 6.96. The van der Waals surface area contributed by atoms with Crippen LogP contribution in [0.1, 0.15) is 29.9 Å². The molecule has 5 nitrogen and oxygen atoms in total. The van der Waals surface area contributed by atoms with Crippen molar-refractivity contribution in [3.63, 3.8) is 0 Å². The highest BCUT2D eigenvalue weighted by atomic mass is 35.5. The number of benzene rings is 2. The van der Waals surface area contributed by atoms with Crippen LogP contribution in [0, 0.1) is 12.8 Å². The Balaban J connectivity index is 1.35. The quantitative estimate of drug-likeness (QED) is 0.531. The van der Waals surface area contributed by atoms with Gasteiger partial charge in [0, 0.05) is 35.2 Å². The fraction of sp³-hybridized carbons (Fsp3) is 0.333. The lowest BCUT2D eigenvalue weighted by molar-refractivity contribution is -0.127. The van der Waals surface area contributed by atoms with Gasteiger partial charge < -0.3 is 9.73 Å². The molecule has 4 rings (SSSR count). The van der Waals surface area contributed by atoms with Gasteiger partial charge in [0.05, 0.1) is 11.6 Å². The van der Waals surface area contributed by atoms with Crippen molar-refractivity contribution < 1.29 is 9.21 Å². The summed E-state index contributed by atoms with van der Waals surface area (Å²) in [5.41, 5.74) is 2.85. The van der Waals surface area contributed by atoms with Gasteiger partial charge in [-0.3, -0.25) is 9.69 Å². The Hall–Kier alpha value is -2.34. The van der Waals surface area contributed by atoms with E-state index in [4.69, 9.17) is 32.6 Å². The highest BCUT2D eigenvalue weighted by molar-refractivity contribution is 6.30. The predicted octanol–water partition coefficient (Wildman–Crippen LogP) is 5.49. The van der Waals surface area contributed by atoms with Crippen molar-refractivity contribution >= 4 is 29.1 Å². The summed E-state index contributed by atoms with van der Waals surface area (Å²) in [6.45, 7) is 4.78. The van der Waals surface area contributed by atoms with Gasteiger partial charge in [-0.05, 0) is 68.3 Å². The molecule has 1 saturated heterocycles. The SMILES string of the molecule is Cc1oc(-c2ccc(Cl)cc2)nc1CN1CCCC(C(=O)NCc2ccc(Cl)cc2)C1. The van der Waals surface area contributed by atoms with Crippen LogP contribution in [-0.4, -0.2) is 28.9 Å². The molecular formula is C24H25Cl2N3O2. The van der Waals surface area contributed by atoms with E-state index >= 15 is 0 Å². The summed E-state index contributed by atoms with van der Waals surface area (Å²) < 4.78 is 5.88. The first-order chi connectivity index (χ1) is 15.0. The van der Waals surface area contributed by atoms with Crippen LogP contribution < -0.4 is 5.32 Å². The highest BCUT2D eigenvalue weighted by Crippen LogP contribution is 2.25. The molecule has 1 amide bonds. The lowest BCUT2D eigenvalue weighted by Crippen LogP contribution is -2.42. The van der Waals surface area contributed by atoms with Gasteiger partial charge in [-0.25, -0.2) is 4.98 Å². The number of aryl methyl sites for hydroxylation is 1. The van der Waals surface area contributed by atoms with Crippen molar-refractivity contribution in [1.82, 2.24) is 15.2 Å². The number of aromatic nitrogens is 1. The predicted molar refractivity (Wildman–Crippen MR) is 123 cm³/mol. The van der Waals surface area contributed by atoms with Crippen LogP contribution in [0.15, 0.2) is 52.9 Å². The second-order valence-corrected chi connectivity index (χ2v) is 8.82. The maximum absolute atomic E-state index is 12.7. The van der Waals surface area contributed by atoms with Crippen LogP contribution in [0.2, 0.25) is 10.0 Å². The standard InChI is InChI=1S/C24H25Cl2N3O2/c1-16-22(28-24(31-16)18-6-10-21(26)11-7-18)15-29-12-2-3-19(14-29)23(30)27-13-17-4-8-20(25)9-5-17/h4-11,19H,2-3,12-15H2,1H3,(H,27,30). The Morgan fingerprint density at radius 1 is 1.13 bits per heavy atom. The Bertz CT molecular complexity index is 1030. The van der Waals surface area contributed by atoms with Gasteiger partial charge in [0.2, 0.25) is 11.8 Å². The first kappa shape index (κ1) is 21.9. The van der Waals surface area contributed by atoms with Crippen LogP contribution in [0.3, 0.4) is 0 Å². The first-order valence-corrected chi connectivity index (χ1v) is 11.2. The number of hydrogen-bond donors (Lipinski definition) is 1. The summed E-state index contributed by atoms with van der Waals surface area (Å²) in [7, 11) is 0. The number of carbonyl (C=O) groups is 1. The first-order valence-electron chi connectivity index (χ1n) is 10.4. The molecule has 0 radical (unpaired) electrons. The largest absolute Gasteiger partial charge is 0.441 e. The molecule has 1 N–H and O–H groups in total. The Morgan fingerprint density at radius 3 is 2.52 bits per heavy atom. The summed E-state index contributed by atoms with van der Waals surface area (Å²) >= 11 is 11.9. The minimum absolute atomic E-state index is 0.0241. The maximum Gasteiger partial charge on any atom is 0.226 e. The van der Waals surface area contributed by atoms with E-state index < -0.39 is 0 Å².